The molecule has 1 amide bonds. The molecule has 2 aromatic heterocycles. The second-order valence-electron chi connectivity index (χ2n) is 5.90. The van der Waals surface area contributed by atoms with Crippen LogP contribution in [0.15, 0.2) is 42.6 Å². The monoisotopic (exact) mass is 397 g/mol. The summed E-state index contributed by atoms with van der Waals surface area (Å²) in [5, 5.41) is 10.8. The third-order valence-electron chi connectivity index (χ3n) is 3.71. The molecule has 0 saturated heterocycles. The van der Waals surface area contributed by atoms with Gasteiger partial charge in [-0.05, 0) is 30.7 Å². The van der Waals surface area contributed by atoms with Crippen molar-refractivity contribution in [3.05, 3.63) is 64.6 Å². The van der Waals surface area contributed by atoms with Gasteiger partial charge in [-0.3, -0.25) is 14.2 Å². The molecule has 0 saturated carbocycles. The van der Waals surface area contributed by atoms with Crippen LogP contribution in [0.5, 0.6) is 0 Å². The number of aromatic nitrogens is 4. The molecule has 0 aliphatic carbocycles. The van der Waals surface area contributed by atoms with Crippen LogP contribution in [0.2, 0.25) is 5.02 Å². The second kappa shape index (κ2) is 7.43. The van der Waals surface area contributed by atoms with E-state index in [9.17, 15) is 18.0 Å². The molecule has 1 N–H and O–H groups in total. The lowest BCUT2D eigenvalue weighted by atomic mass is 10.2. The van der Waals surface area contributed by atoms with Gasteiger partial charge in [0.05, 0.1) is 6.54 Å². The van der Waals surface area contributed by atoms with Gasteiger partial charge in [-0.1, -0.05) is 23.7 Å². The standard InChI is InChI=1S/C17H15ClF3N5O/c1-11-7-14(17(19,20)21)23-26(11)10-16(27)22-15-5-6-25(24-15)9-12-3-2-4-13(18)8-12/h2-8H,9-10H2,1H3,(H,22,24,27). The number of rotatable bonds is 5. The Hall–Kier alpha value is -2.81. The zero-order valence-electron chi connectivity index (χ0n) is 14.2. The van der Waals surface area contributed by atoms with E-state index < -0.39 is 17.8 Å². The summed E-state index contributed by atoms with van der Waals surface area (Å²) in [6, 6.07) is 9.78. The molecule has 2 heterocycles. The van der Waals surface area contributed by atoms with Crippen LogP contribution < -0.4 is 5.32 Å². The van der Waals surface area contributed by atoms with Crippen LogP contribution >= 0.6 is 11.6 Å². The van der Waals surface area contributed by atoms with Gasteiger partial charge < -0.3 is 5.32 Å². The summed E-state index contributed by atoms with van der Waals surface area (Å²) in [5.41, 5.74) is 0.151. The Morgan fingerprint density at radius 2 is 2.00 bits per heavy atom. The molecule has 0 atom stereocenters. The number of halogens is 4. The number of hydrogen-bond donors (Lipinski definition) is 1. The molecule has 142 valence electrons. The minimum absolute atomic E-state index is 0.240. The van der Waals surface area contributed by atoms with E-state index in [1.807, 2.05) is 12.1 Å². The fourth-order valence-corrected chi connectivity index (χ4v) is 2.68. The van der Waals surface area contributed by atoms with Gasteiger partial charge in [-0.15, -0.1) is 0 Å². The molecule has 0 unspecified atom stereocenters. The number of aryl methyl sites for hydroxylation is 1. The van der Waals surface area contributed by atoms with Crippen molar-refractivity contribution < 1.29 is 18.0 Å². The van der Waals surface area contributed by atoms with Crippen molar-refractivity contribution in [2.24, 2.45) is 0 Å². The van der Waals surface area contributed by atoms with E-state index in [0.717, 1.165) is 16.3 Å². The quantitative estimate of drug-likeness (QED) is 0.713. The lowest BCUT2D eigenvalue weighted by Crippen LogP contribution is -2.21. The summed E-state index contributed by atoms with van der Waals surface area (Å²) >= 11 is 5.94. The summed E-state index contributed by atoms with van der Waals surface area (Å²) in [5.74, 6) is -0.231. The smallest absolute Gasteiger partial charge is 0.308 e. The number of carbonyl (C=O) groups excluding carboxylic acids is 1. The van der Waals surface area contributed by atoms with Crippen molar-refractivity contribution >= 4 is 23.3 Å². The number of nitrogens with zero attached hydrogens (tertiary/aromatic N) is 4. The fraction of sp³-hybridized carbons (Fsp3) is 0.235. The highest BCUT2D eigenvalue weighted by Gasteiger charge is 2.34. The maximum absolute atomic E-state index is 12.7. The van der Waals surface area contributed by atoms with Crippen LogP contribution in [0.1, 0.15) is 17.0 Å². The van der Waals surface area contributed by atoms with Gasteiger partial charge >= 0.3 is 6.18 Å². The van der Waals surface area contributed by atoms with Crippen molar-refractivity contribution in [2.75, 3.05) is 5.32 Å². The Labute approximate surface area is 157 Å². The molecule has 1 aromatic carbocycles. The predicted octanol–water partition coefficient (Wildman–Crippen LogP) is 3.75. The first-order valence-electron chi connectivity index (χ1n) is 7.90. The lowest BCUT2D eigenvalue weighted by Gasteiger charge is -2.05. The van der Waals surface area contributed by atoms with Crippen LogP contribution in [-0.4, -0.2) is 25.5 Å². The maximum Gasteiger partial charge on any atom is 0.435 e. The molecule has 0 aliphatic rings. The minimum Gasteiger partial charge on any atom is -0.308 e. The van der Waals surface area contributed by atoms with Crippen LogP contribution in [0.4, 0.5) is 19.0 Å². The van der Waals surface area contributed by atoms with Crippen molar-refractivity contribution in [3.63, 3.8) is 0 Å². The summed E-state index contributed by atoms with van der Waals surface area (Å²) in [4.78, 5) is 12.1. The highest BCUT2D eigenvalue weighted by molar-refractivity contribution is 6.30. The first-order chi connectivity index (χ1) is 12.7. The first kappa shape index (κ1) is 19.0. The van der Waals surface area contributed by atoms with Gasteiger partial charge in [0.15, 0.2) is 11.5 Å². The molecule has 27 heavy (non-hydrogen) atoms. The van der Waals surface area contributed by atoms with Gasteiger partial charge in [0.1, 0.15) is 6.54 Å². The third-order valence-corrected chi connectivity index (χ3v) is 3.94. The van der Waals surface area contributed by atoms with Crippen molar-refractivity contribution in [1.82, 2.24) is 19.6 Å². The normalized spacial score (nSPS) is 11.6. The van der Waals surface area contributed by atoms with E-state index >= 15 is 0 Å². The predicted molar refractivity (Wildman–Crippen MR) is 93.4 cm³/mol. The Bertz CT molecular complexity index is 964. The summed E-state index contributed by atoms with van der Waals surface area (Å²) < 4.78 is 40.6. The van der Waals surface area contributed by atoms with Crippen molar-refractivity contribution in [1.29, 1.82) is 0 Å². The molecule has 0 radical (unpaired) electrons. The van der Waals surface area contributed by atoms with Crippen LogP contribution in [-0.2, 0) is 24.1 Å². The van der Waals surface area contributed by atoms with E-state index in [1.54, 1.807) is 29.1 Å². The maximum atomic E-state index is 12.7. The van der Waals surface area contributed by atoms with Gasteiger partial charge in [0.25, 0.3) is 0 Å². The number of anilines is 1. The highest BCUT2D eigenvalue weighted by Crippen LogP contribution is 2.28. The molecular weight excluding hydrogens is 383 g/mol. The van der Waals surface area contributed by atoms with Crippen LogP contribution in [0.3, 0.4) is 0 Å². The van der Waals surface area contributed by atoms with Crippen LogP contribution in [0, 0.1) is 6.92 Å². The molecule has 0 aliphatic heterocycles. The average Bonchev–Trinajstić information content (AvgIpc) is 3.14. The summed E-state index contributed by atoms with van der Waals surface area (Å²) in [6.45, 7) is 1.57. The number of amides is 1. The molecule has 0 bridgehead atoms. The van der Waals surface area contributed by atoms with E-state index in [-0.39, 0.29) is 12.2 Å². The molecule has 0 spiro atoms. The minimum atomic E-state index is -4.55. The zero-order valence-corrected chi connectivity index (χ0v) is 14.9. The summed E-state index contributed by atoms with van der Waals surface area (Å²) in [7, 11) is 0. The van der Waals surface area contributed by atoms with E-state index in [2.05, 4.69) is 15.5 Å². The number of carbonyl (C=O) groups is 1. The fourth-order valence-electron chi connectivity index (χ4n) is 2.47. The lowest BCUT2D eigenvalue weighted by molar-refractivity contribution is -0.141. The van der Waals surface area contributed by atoms with Gasteiger partial charge in [-0.2, -0.15) is 23.4 Å². The topological polar surface area (TPSA) is 64.7 Å². The molecule has 3 aromatic rings. The van der Waals surface area contributed by atoms with Gasteiger partial charge in [0, 0.05) is 23.0 Å². The zero-order chi connectivity index (χ0) is 19.6. The van der Waals surface area contributed by atoms with E-state index in [1.165, 1.54) is 6.92 Å². The molecule has 3 rings (SSSR count). The highest BCUT2D eigenvalue weighted by atomic mass is 35.5. The molecule has 0 fully saturated rings. The number of hydrogen-bond acceptors (Lipinski definition) is 3. The summed E-state index contributed by atoms with van der Waals surface area (Å²) in [6.07, 6.45) is -2.87. The number of alkyl halides is 3. The van der Waals surface area contributed by atoms with Gasteiger partial charge in [-0.25, -0.2) is 0 Å². The van der Waals surface area contributed by atoms with Crippen LogP contribution in [0.25, 0.3) is 0 Å². The Balaban J connectivity index is 1.62. The van der Waals surface area contributed by atoms with Gasteiger partial charge in [0.2, 0.25) is 5.91 Å². The van der Waals surface area contributed by atoms with Crippen molar-refractivity contribution in [3.8, 4) is 0 Å². The second-order valence-corrected chi connectivity index (χ2v) is 6.34. The number of benzene rings is 1. The molecule has 6 nitrogen and oxygen atoms in total. The largest absolute Gasteiger partial charge is 0.435 e. The Morgan fingerprint density at radius 1 is 1.22 bits per heavy atom. The Morgan fingerprint density at radius 3 is 2.67 bits per heavy atom. The first-order valence-corrected chi connectivity index (χ1v) is 8.28. The van der Waals surface area contributed by atoms with E-state index in [0.29, 0.717) is 17.4 Å². The van der Waals surface area contributed by atoms with E-state index in [4.69, 9.17) is 11.6 Å². The SMILES string of the molecule is Cc1cc(C(F)(F)F)nn1CC(=O)Nc1ccn(Cc2cccc(Cl)c2)n1. The molecular formula is C17H15ClF3N5O. The third kappa shape index (κ3) is 4.88. The Kier molecular flexibility index (Phi) is 5.22. The number of nitrogens with one attached hydrogen (secondary N) is 1. The van der Waals surface area contributed by atoms with Crippen molar-refractivity contribution in [2.45, 2.75) is 26.2 Å². The molecule has 10 heteroatoms. The average molecular weight is 398 g/mol.